The maximum absolute atomic E-state index is 14.3. The summed E-state index contributed by atoms with van der Waals surface area (Å²) in [7, 11) is 0.601. The van der Waals surface area contributed by atoms with Crippen LogP contribution in [-0.2, 0) is 14.8 Å². The predicted octanol–water partition coefficient (Wildman–Crippen LogP) is 4.71. The fraction of sp³-hybridized carbons (Fsp3) is 0.321. The van der Waals surface area contributed by atoms with Crippen LogP contribution in [-0.4, -0.2) is 63.9 Å². The minimum absolute atomic E-state index is 0.0309. The number of aryl methyl sites for hydroxylation is 1. The van der Waals surface area contributed by atoms with Gasteiger partial charge >= 0.3 is 0 Å². The van der Waals surface area contributed by atoms with Crippen LogP contribution < -0.4 is 19.1 Å². The highest BCUT2D eigenvalue weighted by Gasteiger charge is 2.24. The Labute approximate surface area is 236 Å². The molecule has 13 heteroatoms. The number of halogens is 2. The van der Waals surface area contributed by atoms with Gasteiger partial charge in [0.15, 0.2) is 0 Å². The highest BCUT2D eigenvalue weighted by molar-refractivity contribution is 7.92. The van der Waals surface area contributed by atoms with Gasteiger partial charge in [-0.1, -0.05) is 0 Å². The van der Waals surface area contributed by atoms with Crippen LogP contribution in [0.15, 0.2) is 47.5 Å². The first-order chi connectivity index (χ1) is 19.6. The Morgan fingerprint density at radius 3 is 2.49 bits per heavy atom. The van der Waals surface area contributed by atoms with Crippen LogP contribution in [0.3, 0.4) is 0 Å². The van der Waals surface area contributed by atoms with Crippen LogP contribution in [0, 0.1) is 18.6 Å². The number of nitrogens with one attached hydrogen (secondary N) is 1. The molecule has 2 aromatic carbocycles. The van der Waals surface area contributed by atoms with E-state index in [4.69, 9.17) is 19.2 Å². The summed E-state index contributed by atoms with van der Waals surface area (Å²) < 4.78 is 73.3. The summed E-state index contributed by atoms with van der Waals surface area (Å²) >= 11 is 0. The maximum atomic E-state index is 14.3. The molecule has 1 aliphatic rings. The largest absolute Gasteiger partial charge is 0.488 e. The van der Waals surface area contributed by atoms with E-state index < -0.39 is 26.6 Å². The fourth-order valence-electron chi connectivity index (χ4n) is 4.50. The molecule has 0 saturated carbocycles. The lowest BCUT2D eigenvalue weighted by Crippen LogP contribution is -2.26. The van der Waals surface area contributed by atoms with E-state index in [9.17, 15) is 17.2 Å². The van der Waals surface area contributed by atoms with Crippen molar-refractivity contribution in [2.24, 2.45) is 0 Å². The average molecular weight is 586 g/mol. The van der Waals surface area contributed by atoms with Gasteiger partial charge in [-0.3, -0.25) is 4.72 Å². The third-order valence-electron chi connectivity index (χ3n) is 6.61. The number of anilines is 2. The number of pyridine rings is 1. The Kier molecular flexibility index (Phi) is 7.91. The van der Waals surface area contributed by atoms with Crippen molar-refractivity contribution in [2.75, 3.05) is 44.0 Å². The predicted molar refractivity (Wildman–Crippen MR) is 150 cm³/mol. The first kappa shape index (κ1) is 28.4. The van der Waals surface area contributed by atoms with Gasteiger partial charge in [-0.25, -0.2) is 32.2 Å². The lowest BCUT2D eigenvalue weighted by atomic mass is 10.0. The summed E-state index contributed by atoms with van der Waals surface area (Å²) in [6.45, 7) is 3.07. The smallest absolute Gasteiger partial charge is 0.264 e. The zero-order valence-electron chi connectivity index (χ0n) is 22.9. The van der Waals surface area contributed by atoms with Crippen molar-refractivity contribution in [1.82, 2.24) is 15.0 Å². The molecule has 10 nitrogen and oxygen atoms in total. The van der Waals surface area contributed by atoms with E-state index in [0.29, 0.717) is 47.6 Å². The Bertz CT molecular complexity index is 1710. The maximum Gasteiger partial charge on any atom is 0.264 e. The van der Waals surface area contributed by atoms with Gasteiger partial charge < -0.3 is 19.1 Å². The van der Waals surface area contributed by atoms with Gasteiger partial charge in [-0.15, -0.1) is 0 Å². The molecule has 3 heterocycles. The molecule has 216 valence electrons. The molecule has 0 spiro atoms. The zero-order valence-corrected chi connectivity index (χ0v) is 23.8. The number of hydrogen-bond acceptors (Lipinski definition) is 9. The van der Waals surface area contributed by atoms with Gasteiger partial charge in [-0.2, -0.15) is 0 Å². The lowest BCUT2D eigenvalue weighted by Gasteiger charge is -2.24. The first-order valence-electron chi connectivity index (χ1n) is 12.8. The summed E-state index contributed by atoms with van der Waals surface area (Å²) in [5.41, 5.74) is 2.53. The van der Waals surface area contributed by atoms with Crippen molar-refractivity contribution in [3.8, 4) is 22.8 Å². The molecule has 0 unspecified atom stereocenters. The number of hydrogen-bond donors (Lipinski definition) is 1. The third kappa shape index (κ3) is 6.00. The number of benzene rings is 2. The Morgan fingerprint density at radius 2 is 1.80 bits per heavy atom. The molecule has 4 aromatic rings. The minimum atomic E-state index is -4.45. The molecule has 1 N–H and O–H groups in total. The molecule has 2 aromatic heterocycles. The van der Waals surface area contributed by atoms with Crippen LogP contribution in [0.25, 0.3) is 22.0 Å². The highest BCUT2D eigenvalue weighted by atomic mass is 32.2. The number of sulfonamides is 1. The van der Waals surface area contributed by atoms with Gasteiger partial charge in [0.25, 0.3) is 10.0 Å². The summed E-state index contributed by atoms with van der Waals surface area (Å²) in [6, 6.07) is 7.44. The minimum Gasteiger partial charge on any atom is -0.488 e. The van der Waals surface area contributed by atoms with Gasteiger partial charge in [0.05, 0.1) is 26.0 Å². The number of aromatic nitrogens is 3. The van der Waals surface area contributed by atoms with Gasteiger partial charge in [0, 0.05) is 50.1 Å². The molecule has 0 atom stereocenters. The van der Waals surface area contributed by atoms with E-state index in [1.807, 2.05) is 38.1 Å². The van der Waals surface area contributed by atoms with E-state index >= 15 is 0 Å². The second kappa shape index (κ2) is 11.4. The van der Waals surface area contributed by atoms with Crippen LogP contribution in [0.4, 0.5) is 20.4 Å². The Hall–Kier alpha value is -4.10. The van der Waals surface area contributed by atoms with Crippen molar-refractivity contribution in [3.63, 3.8) is 0 Å². The topological polar surface area (TPSA) is 116 Å². The molecule has 1 aliphatic heterocycles. The summed E-state index contributed by atoms with van der Waals surface area (Å²) in [5.74, 6) is -1.07. The monoisotopic (exact) mass is 585 g/mol. The Morgan fingerprint density at radius 1 is 1.05 bits per heavy atom. The van der Waals surface area contributed by atoms with E-state index in [-0.39, 0.29) is 17.7 Å². The third-order valence-corrected chi connectivity index (χ3v) is 8.01. The van der Waals surface area contributed by atoms with Gasteiger partial charge in [-0.05, 0) is 42.8 Å². The van der Waals surface area contributed by atoms with Crippen molar-refractivity contribution < 1.29 is 31.4 Å². The average Bonchev–Trinajstić information content (AvgIpc) is 2.93. The van der Waals surface area contributed by atoms with Crippen molar-refractivity contribution in [3.05, 3.63) is 59.9 Å². The van der Waals surface area contributed by atoms with Crippen molar-refractivity contribution >= 4 is 32.6 Å². The number of ether oxygens (including phenoxy) is 3. The molecule has 5 rings (SSSR count). The standard InChI is InChI=1S/C28H29F2N5O5S/c1-16-21-11-17(13-24(40-20-7-9-39-10-8-20)26(21)33-28(32-16)35(2)3)18-12-23(27(38-4)31-15-18)34-41(36,37)25-6-5-19(29)14-22(25)30/h5-6,11-15,20,34H,7-10H2,1-4H3. The molecule has 1 fully saturated rings. The number of nitrogens with zero attached hydrogens (tertiary/aromatic N) is 4. The number of rotatable bonds is 8. The second-order valence-electron chi connectivity index (χ2n) is 9.76. The lowest BCUT2D eigenvalue weighted by molar-refractivity contribution is 0.0261. The molecule has 0 aliphatic carbocycles. The summed E-state index contributed by atoms with van der Waals surface area (Å²) in [4.78, 5) is 14.7. The number of methoxy groups -OCH3 is 1. The SMILES string of the molecule is COc1ncc(-c2cc(OC3CCOCC3)c3nc(N(C)C)nc(C)c3c2)cc1NS(=O)(=O)c1ccc(F)cc1F. The van der Waals surface area contributed by atoms with Crippen LogP contribution in [0.2, 0.25) is 0 Å². The Balaban J connectivity index is 1.60. The highest BCUT2D eigenvalue weighted by Crippen LogP contribution is 2.37. The molecule has 0 amide bonds. The number of fused-ring (bicyclic) bond motifs is 1. The van der Waals surface area contributed by atoms with Crippen LogP contribution in [0.1, 0.15) is 18.5 Å². The molecular formula is C28H29F2N5O5S. The molecule has 1 saturated heterocycles. The van der Waals surface area contributed by atoms with Crippen molar-refractivity contribution in [1.29, 1.82) is 0 Å². The van der Waals surface area contributed by atoms with Crippen LogP contribution in [0.5, 0.6) is 11.6 Å². The van der Waals surface area contributed by atoms with E-state index in [1.54, 1.807) is 0 Å². The van der Waals surface area contributed by atoms with Crippen LogP contribution >= 0.6 is 0 Å². The summed E-state index contributed by atoms with van der Waals surface area (Å²) in [5, 5.41) is 0.751. The second-order valence-corrected chi connectivity index (χ2v) is 11.4. The quantitative estimate of drug-likeness (QED) is 0.314. The molecule has 0 radical (unpaired) electrons. The summed E-state index contributed by atoms with van der Waals surface area (Å²) in [6.07, 6.45) is 2.92. The zero-order chi connectivity index (χ0) is 29.3. The van der Waals surface area contributed by atoms with E-state index in [1.165, 1.54) is 19.4 Å². The van der Waals surface area contributed by atoms with Gasteiger partial charge in [0.2, 0.25) is 11.8 Å². The fourth-order valence-corrected chi connectivity index (χ4v) is 5.61. The van der Waals surface area contributed by atoms with E-state index in [2.05, 4.69) is 14.7 Å². The van der Waals surface area contributed by atoms with Crippen molar-refractivity contribution in [2.45, 2.75) is 30.8 Å². The van der Waals surface area contributed by atoms with Gasteiger partial charge in [0.1, 0.15) is 39.6 Å². The normalized spacial score (nSPS) is 14.2. The molecular weight excluding hydrogens is 556 g/mol. The first-order valence-corrected chi connectivity index (χ1v) is 14.3. The molecule has 41 heavy (non-hydrogen) atoms. The molecule has 0 bridgehead atoms. The van der Waals surface area contributed by atoms with E-state index in [0.717, 1.165) is 36.1 Å².